The number of rotatable bonds is 7. The van der Waals surface area contributed by atoms with E-state index in [1.807, 2.05) is 25.1 Å². The van der Waals surface area contributed by atoms with Crippen LogP contribution in [0.15, 0.2) is 35.7 Å². The number of esters is 1. The van der Waals surface area contributed by atoms with E-state index >= 15 is 0 Å². The first-order chi connectivity index (χ1) is 11.7. The zero-order valence-corrected chi connectivity index (χ0v) is 14.4. The van der Waals surface area contributed by atoms with Gasteiger partial charge in [-0.2, -0.15) is 0 Å². The molecule has 0 bridgehead atoms. The van der Waals surface area contributed by atoms with E-state index in [9.17, 15) is 4.79 Å². The largest absolute Gasteiger partial charge is 0.503 e. The van der Waals surface area contributed by atoms with Gasteiger partial charge in [-0.3, -0.25) is 0 Å². The lowest BCUT2D eigenvalue weighted by Gasteiger charge is -2.10. The molecule has 0 aliphatic carbocycles. The Hall–Kier alpha value is -2.74. The van der Waals surface area contributed by atoms with Crippen molar-refractivity contribution >= 4 is 29.3 Å². The first-order valence-corrected chi connectivity index (χ1v) is 7.78. The predicted octanol–water partition coefficient (Wildman–Crippen LogP) is 2.56. The molecule has 1 aromatic heterocycles. The van der Waals surface area contributed by atoms with Gasteiger partial charge in [0, 0.05) is 5.56 Å². The molecule has 0 atom stereocenters. The van der Waals surface area contributed by atoms with Gasteiger partial charge in [-0.05, 0) is 24.0 Å². The monoisotopic (exact) mass is 347 g/mol. The summed E-state index contributed by atoms with van der Waals surface area (Å²) in [6, 6.07) is 7.30. The Kier molecular flexibility index (Phi) is 6.44. The number of hydrogen-bond acceptors (Lipinski definition) is 8. The van der Waals surface area contributed by atoms with E-state index in [0.717, 1.165) is 10.4 Å². The summed E-state index contributed by atoms with van der Waals surface area (Å²) in [6.45, 7) is 2.08. The maximum absolute atomic E-state index is 11.9. The van der Waals surface area contributed by atoms with Crippen molar-refractivity contribution in [1.29, 1.82) is 0 Å². The van der Waals surface area contributed by atoms with E-state index in [4.69, 9.17) is 14.3 Å². The van der Waals surface area contributed by atoms with Gasteiger partial charge in [0.05, 0.1) is 31.6 Å². The van der Waals surface area contributed by atoms with Gasteiger partial charge in [0.25, 0.3) is 0 Å². The van der Waals surface area contributed by atoms with E-state index in [1.54, 1.807) is 6.07 Å². The van der Waals surface area contributed by atoms with Crippen LogP contribution in [0.25, 0.3) is 5.57 Å². The van der Waals surface area contributed by atoms with Crippen LogP contribution in [0, 0.1) is 6.92 Å². The summed E-state index contributed by atoms with van der Waals surface area (Å²) in [7, 11) is 2.79. The van der Waals surface area contributed by atoms with Gasteiger partial charge >= 0.3 is 5.97 Å². The molecule has 0 saturated heterocycles. The highest BCUT2D eigenvalue weighted by molar-refractivity contribution is 7.05. The van der Waals surface area contributed by atoms with E-state index in [-0.39, 0.29) is 6.61 Å². The molecular weight excluding hydrogens is 330 g/mol. The van der Waals surface area contributed by atoms with Gasteiger partial charge in [-0.15, -0.1) is 5.10 Å². The summed E-state index contributed by atoms with van der Waals surface area (Å²) in [6.07, 6.45) is 2.85. The molecule has 0 saturated carbocycles. The maximum atomic E-state index is 11.9. The van der Waals surface area contributed by atoms with Crippen molar-refractivity contribution in [2.24, 2.45) is 5.16 Å². The highest BCUT2D eigenvalue weighted by Crippen LogP contribution is 2.21. The molecule has 0 aliphatic heterocycles. The van der Waals surface area contributed by atoms with Gasteiger partial charge in [-0.25, -0.2) is 4.79 Å². The minimum atomic E-state index is -0.489. The van der Waals surface area contributed by atoms with Crippen LogP contribution in [0.5, 0.6) is 0 Å². The highest BCUT2D eigenvalue weighted by atomic mass is 32.1. The Bertz CT molecular complexity index is 755. The third kappa shape index (κ3) is 4.39. The average molecular weight is 347 g/mol. The quantitative estimate of drug-likeness (QED) is 0.252. The topological polar surface area (TPSA) is 82.9 Å². The molecule has 7 nitrogen and oxygen atoms in total. The van der Waals surface area contributed by atoms with Crippen LogP contribution in [0.1, 0.15) is 21.7 Å². The molecule has 1 aromatic carbocycles. The normalized spacial score (nSPS) is 11.5. The molecule has 0 fully saturated rings. The van der Waals surface area contributed by atoms with Gasteiger partial charge in [0.1, 0.15) is 17.9 Å². The Morgan fingerprint density at radius 2 is 2.12 bits per heavy atom. The molecule has 0 unspecified atom stereocenters. The second-order valence-corrected chi connectivity index (χ2v) is 5.60. The molecule has 0 aliphatic rings. The molecular formula is C16H17N3O4S. The number of carbonyl (C=O) groups excluding carboxylic acids is 1. The molecule has 0 N–H and O–H groups in total. The number of oxime groups is 1. The lowest BCUT2D eigenvalue weighted by Crippen LogP contribution is -2.07. The lowest BCUT2D eigenvalue weighted by atomic mass is 10.0. The Morgan fingerprint density at radius 1 is 1.33 bits per heavy atom. The van der Waals surface area contributed by atoms with Crippen LogP contribution in [0.2, 0.25) is 0 Å². The first-order valence-electron chi connectivity index (χ1n) is 7.01. The third-order valence-corrected chi connectivity index (χ3v) is 3.75. The van der Waals surface area contributed by atoms with Crippen LogP contribution < -0.4 is 0 Å². The van der Waals surface area contributed by atoms with Crippen molar-refractivity contribution in [3.8, 4) is 0 Å². The summed E-state index contributed by atoms with van der Waals surface area (Å²) in [5.74, 6) is -0.489. The van der Waals surface area contributed by atoms with Gasteiger partial charge < -0.3 is 14.3 Å². The number of aryl methyl sites for hydroxylation is 1. The first kappa shape index (κ1) is 17.6. The molecule has 0 radical (unpaired) electrons. The van der Waals surface area contributed by atoms with Crippen molar-refractivity contribution in [1.82, 2.24) is 9.59 Å². The van der Waals surface area contributed by atoms with Crippen molar-refractivity contribution in [2.45, 2.75) is 13.5 Å². The summed E-state index contributed by atoms with van der Waals surface area (Å²) in [5, 5.41) is 7.81. The number of benzene rings is 1. The number of nitrogens with zero attached hydrogens (tertiary/aromatic N) is 3. The van der Waals surface area contributed by atoms with Crippen molar-refractivity contribution in [3.63, 3.8) is 0 Å². The molecule has 8 heteroatoms. The smallest absolute Gasteiger partial charge is 0.341 e. The number of aromatic nitrogens is 2. The molecule has 0 spiro atoms. The standard InChI is InChI=1S/C16H17N3O4S/c1-11-15(18-19-24-11)8-17-23-9-12-6-4-5-7-13(12)14(10-21-2)16(20)22-3/h4-8,10H,9H2,1-3H3/b14-10+,17-8-. The SMILES string of the molecule is CO/C=C(/C(=O)OC)c1ccccc1CO/N=C\c1nnsc1C. The lowest BCUT2D eigenvalue weighted by molar-refractivity contribution is -0.133. The molecule has 24 heavy (non-hydrogen) atoms. The Labute approximate surface area is 143 Å². The zero-order chi connectivity index (χ0) is 17.4. The van der Waals surface area contributed by atoms with Crippen LogP contribution in [-0.4, -0.2) is 36.0 Å². The van der Waals surface area contributed by atoms with E-state index < -0.39 is 5.97 Å². The van der Waals surface area contributed by atoms with Gasteiger partial charge in [0.15, 0.2) is 0 Å². The third-order valence-electron chi connectivity index (χ3n) is 3.11. The van der Waals surface area contributed by atoms with Crippen LogP contribution in [-0.2, 0) is 25.7 Å². The predicted molar refractivity (Wildman–Crippen MR) is 90.5 cm³/mol. The molecule has 1 heterocycles. The maximum Gasteiger partial charge on any atom is 0.341 e. The second kappa shape index (κ2) is 8.78. The molecule has 0 amide bonds. The molecule has 2 rings (SSSR count). The summed E-state index contributed by atoms with van der Waals surface area (Å²) in [4.78, 5) is 18.2. The number of ether oxygens (including phenoxy) is 2. The fraction of sp³-hybridized carbons (Fsp3) is 0.250. The fourth-order valence-corrected chi connectivity index (χ4v) is 2.35. The van der Waals surface area contributed by atoms with Crippen LogP contribution in [0.4, 0.5) is 0 Å². The summed E-state index contributed by atoms with van der Waals surface area (Å²) in [5.41, 5.74) is 2.41. The highest BCUT2D eigenvalue weighted by Gasteiger charge is 2.16. The van der Waals surface area contributed by atoms with Crippen molar-refractivity contribution in [2.75, 3.05) is 14.2 Å². The second-order valence-electron chi connectivity index (χ2n) is 4.64. The zero-order valence-electron chi connectivity index (χ0n) is 13.6. The van der Waals surface area contributed by atoms with E-state index in [1.165, 1.54) is 38.2 Å². The van der Waals surface area contributed by atoms with Crippen LogP contribution in [0.3, 0.4) is 0 Å². The number of methoxy groups -OCH3 is 2. The number of carbonyl (C=O) groups is 1. The number of hydrogen-bond donors (Lipinski definition) is 0. The van der Waals surface area contributed by atoms with Gasteiger partial charge in [0.2, 0.25) is 0 Å². The van der Waals surface area contributed by atoms with E-state index in [0.29, 0.717) is 16.8 Å². The van der Waals surface area contributed by atoms with Crippen molar-refractivity contribution in [3.05, 3.63) is 52.2 Å². The Balaban J connectivity index is 2.14. The van der Waals surface area contributed by atoms with E-state index in [2.05, 4.69) is 14.7 Å². The summed E-state index contributed by atoms with van der Waals surface area (Å²) >= 11 is 1.30. The molecule has 2 aromatic rings. The minimum Gasteiger partial charge on any atom is -0.503 e. The fourth-order valence-electron chi connectivity index (χ4n) is 1.91. The average Bonchev–Trinajstić information content (AvgIpc) is 3.01. The van der Waals surface area contributed by atoms with Gasteiger partial charge in [-0.1, -0.05) is 33.9 Å². The minimum absolute atomic E-state index is 0.182. The summed E-state index contributed by atoms with van der Waals surface area (Å²) < 4.78 is 13.6. The molecule has 126 valence electrons. The van der Waals surface area contributed by atoms with Crippen molar-refractivity contribution < 1.29 is 19.1 Å². The van der Waals surface area contributed by atoms with Crippen LogP contribution >= 0.6 is 11.5 Å². The Morgan fingerprint density at radius 3 is 2.79 bits per heavy atom.